The lowest BCUT2D eigenvalue weighted by Gasteiger charge is -2.30. The van der Waals surface area contributed by atoms with E-state index in [0.717, 1.165) is 35.0 Å². The van der Waals surface area contributed by atoms with Crippen molar-refractivity contribution in [2.24, 2.45) is 5.92 Å². The predicted octanol–water partition coefficient (Wildman–Crippen LogP) is 4.15. The maximum atomic E-state index is 12.6. The Bertz CT molecular complexity index is 885. The van der Waals surface area contributed by atoms with Crippen molar-refractivity contribution in [2.75, 3.05) is 6.61 Å². The van der Waals surface area contributed by atoms with Gasteiger partial charge in [-0.2, -0.15) is 0 Å². The molecule has 27 heavy (non-hydrogen) atoms. The first-order valence-electron chi connectivity index (χ1n) is 9.30. The number of halogens is 2. The maximum Gasteiger partial charge on any atom is 0.329 e. The first-order valence-corrected chi connectivity index (χ1v) is 10.1. The fourth-order valence-corrected chi connectivity index (χ4v) is 4.61. The van der Waals surface area contributed by atoms with Gasteiger partial charge in [0.1, 0.15) is 6.54 Å². The third kappa shape index (κ3) is 3.73. The molecule has 0 saturated carbocycles. The van der Waals surface area contributed by atoms with E-state index in [1.807, 2.05) is 28.8 Å². The van der Waals surface area contributed by atoms with Crippen molar-refractivity contribution in [3.05, 3.63) is 35.5 Å². The van der Waals surface area contributed by atoms with Gasteiger partial charge in [0.2, 0.25) is 5.24 Å². The highest BCUT2D eigenvalue weighted by molar-refractivity contribution is 6.64. The van der Waals surface area contributed by atoms with Crippen LogP contribution in [0.25, 0.3) is 10.9 Å². The summed E-state index contributed by atoms with van der Waals surface area (Å²) in [5, 5.41) is -0.595. The quantitative estimate of drug-likeness (QED) is 0.432. The van der Waals surface area contributed by atoms with E-state index in [0.29, 0.717) is 32.3 Å². The summed E-state index contributed by atoms with van der Waals surface area (Å²) < 4.78 is 12.9. The van der Waals surface area contributed by atoms with Gasteiger partial charge in [0.15, 0.2) is 0 Å². The molecule has 1 aliphatic carbocycles. The van der Waals surface area contributed by atoms with Crippen LogP contribution < -0.4 is 0 Å². The van der Waals surface area contributed by atoms with E-state index in [2.05, 4.69) is 0 Å². The summed E-state index contributed by atoms with van der Waals surface area (Å²) in [6.07, 6.45) is 4.26. The van der Waals surface area contributed by atoms with Gasteiger partial charge < -0.3 is 14.0 Å². The fourth-order valence-electron chi connectivity index (χ4n) is 4.12. The van der Waals surface area contributed by atoms with Gasteiger partial charge in [-0.1, -0.05) is 18.2 Å². The van der Waals surface area contributed by atoms with E-state index in [1.54, 1.807) is 0 Å². The Morgan fingerprint density at radius 1 is 1.30 bits per heavy atom. The molecule has 0 radical (unpaired) electrons. The van der Waals surface area contributed by atoms with Crippen molar-refractivity contribution >= 4 is 45.3 Å². The van der Waals surface area contributed by atoms with Crippen molar-refractivity contribution in [1.82, 2.24) is 4.57 Å². The molecule has 0 spiro atoms. The number of carbonyl (C=O) groups excluding carboxylic acids is 2. The summed E-state index contributed by atoms with van der Waals surface area (Å²) in [5.74, 6) is -0.599. The largest absolute Gasteiger partial charge is 0.417 e. The van der Waals surface area contributed by atoms with Crippen LogP contribution in [-0.2, 0) is 38.4 Å². The molecule has 2 heterocycles. The molecule has 2 atom stereocenters. The van der Waals surface area contributed by atoms with Crippen LogP contribution in [0.5, 0.6) is 0 Å². The molecular weight excluding hydrogens is 389 g/mol. The number of alkyl halides is 1. The zero-order valence-corrected chi connectivity index (χ0v) is 16.4. The second-order valence-corrected chi connectivity index (χ2v) is 8.16. The minimum atomic E-state index is -1.35. The summed E-state index contributed by atoms with van der Waals surface area (Å²) in [6, 6.07) is 7.89. The van der Waals surface area contributed by atoms with E-state index < -0.39 is 11.2 Å². The predicted molar refractivity (Wildman–Crippen MR) is 103 cm³/mol. The lowest BCUT2D eigenvalue weighted by Crippen LogP contribution is -2.36. The number of esters is 1. The highest BCUT2D eigenvalue weighted by Crippen LogP contribution is 2.36. The first kappa shape index (κ1) is 18.8. The SMILES string of the molecule is O=C(Cn1c2c(c3ccccc31)CC(C(=O)Cl)CC2)OC1(Cl)CCCCO1. The number of hydrogen-bond donors (Lipinski definition) is 0. The zero-order valence-electron chi connectivity index (χ0n) is 14.9. The molecule has 0 bridgehead atoms. The van der Waals surface area contributed by atoms with Crippen LogP contribution in [0, 0.1) is 5.92 Å². The Balaban J connectivity index is 1.62. The molecule has 0 N–H and O–H groups in total. The number of nitrogens with zero attached hydrogens (tertiary/aromatic N) is 1. The van der Waals surface area contributed by atoms with Crippen LogP contribution in [0.2, 0.25) is 0 Å². The molecule has 7 heteroatoms. The Morgan fingerprint density at radius 3 is 2.85 bits per heavy atom. The molecule has 2 unspecified atom stereocenters. The van der Waals surface area contributed by atoms with E-state index in [-0.39, 0.29) is 17.7 Å². The zero-order chi connectivity index (χ0) is 19.0. The van der Waals surface area contributed by atoms with Gasteiger partial charge >= 0.3 is 5.97 Å². The molecular formula is C20H21Cl2NO4. The van der Waals surface area contributed by atoms with Crippen LogP contribution in [0.3, 0.4) is 0 Å². The van der Waals surface area contributed by atoms with Crippen LogP contribution in [0.1, 0.15) is 36.9 Å². The van der Waals surface area contributed by atoms with Crippen molar-refractivity contribution in [3.63, 3.8) is 0 Å². The molecule has 144 valence electrons. The molecule has 4 rings (SSSR count). The molecule has 1 aromatic heterocycles. The Morgan fingerprint density at radius 2 is 2.11 bits per heavy atom. The lowest BCUT2D eigenvalue weighted by atomic mass is 9.87. The van der Waals surface area contributed by atoms with Gasteiger partial charge in [-0.25, -0.2) is 4.79 Å². The average Bonchev–Trinajstić information content (AvgIpc) is 2.95. The third-order valence-electron chi connectivity index (χ3n) is 5.44. The number of ether oxygens (including phenoxy) is 2. The van der Waals surface area contributed by atoms with Crippen molar-refractivity contribution in [3.8, 4) is 0 Å². The van der Waals surface area contributed by atoms with Crippen LogP contribution >= 0.6 is 23.2 Å². The molecule has 1 aliphatic heterocycles. The fraction of sp³-hybridized carbons (Fsp3) is 0.500. The van der Waals surface area contributed by atoms with Crippen LogP contribution in [-0.4, -0.2) is 27.6 Å². The monoisotopic (exact) mass is 409 g/mol. The first-order chi connectivity index (χ1) is 13.0. The Labute approximate surface area is 167 Å². The third-order valence-corrected chi connectivity index (χ3v) is 6.12. The molecule has 2 aliphatic rings. The molecule has 1 fully saturated rings. The van der Waals surface area contributed by atoms with Crippen molar-refractivity contribution in [2.45, 2.75) is 50.3 Å². The van der Waals surface area contributed by atoms with Gasteiger partial charge in [-0.15, -0.1) is 0 Å². The summed E-state index contributed by atoms with van der Waals surface area (Å²) in [4.78, 5) is 24.2. The van der Waals surface area contributed by atoms with Crippen molar-refractivity contribution < 1.29 is 19.1 Å². The van der Waals surface area contributed by atoms with E-state index in [4.69, 9.17) is 32.7 Å². The summed E-state index contributed by atoms with van der Waals surface area (Å²) in [5.41, 5.74) is 3.11. The molecule has 1 aromatic carbocycles. The van der Waals surface area contributed by atoms with Gasteiger partial charge in [-0.05, 0) is 66.9 Å². The second kappa shape index (κ2) is 7.46. The minimum Gasteiger partial charge on any atom is -0.417 e. The van der Waals surface area contributed by atoms with Gasteiger partial charge in [0, 0.05) is 28.9 Å². The van der Waals surface area contributed by atoms with Gasteiger partial charge in [0.25, 0.3) is 5.25 Å². The van der Waals surface area contributed by atoms with Gasteiger partial charge in [-0.3, -0.25) is 4.79 Å². The number of fused-ring (bicyclic) bond motifs is 3. The number of hydrogen-bond acceptors (Lipinski definition) is 4. The Kier molecular flexibility index (Phi) is 5.19. The highest BCUT2D eigenvalue weighted by Gasteiger charge is 2.36. The van der Waals surface area contributed by atoms with E-state index in [1.165, 1.54) is 0 Å². The summed E-state index contributed by atoms with van der Waals surface area (Å²) in [6.45, 7) is 0.555. The topological polar surface area (TPSA) is 57.5 Å². The molecule has 2 aromatic rings. The molecule has 0 amide bonds. The van der Waals surface area contributed by atoms with Crippen LogP contribution in [0.15, 0.2) is 24.3 Å². The second-order valence-electron chi connectivity index (χ2n) is 7.21. The summed E-state index contributed by atoms with van der Waals surface area (Å²) >= 11 is 12.0. The van der Waals surface area contributed by atoms with Gasteiger partial charge in [0.05, 0.1) is 6.61 Å². The van der Waals surface area contributed by atoms with E-state index in [9.17, 15) is 9.59 Å². The standard InChI is InChI=1S/C20H21Cl2NO4/c21-19(25)13-7-8-17-15(11-13)14-5-1-2-6-16(14)23(17)12-18(24)27-20(22)9-3-4-10-26-20/h1-2,5-6,13H,3-4,7-12H2. The maximum absolute atomic E-state index is 12.6. The lowest BCUT2D eigenvalue weighted by molar-refractivity contribution is -0.206. The molecule has 1 saturated heterocycles. The number of benzene rings is 1. The van der Waals surface area contributed by atoms with E-state index >= 15 is 0 Å². The smallest absolute Gasteiger partial charge is 0.329 e. The average molecular weight is 410 g/mol. The number of carbonyl (C=O) groups is 2. The number of rotatable bonds is 4. The number of aromatic nitrogens is 1. The highest BCUT2D eigenvalue weighted by atomic mass is 35.5. The number of para-hydroxylation sites is 1. The normalized spacial score (nSPS) is 25.2. The molecule has 5 nitrogen and oxygen atoms in total. The summed E-state index contributed by atoms with van der Waals surface area (Å²) in [7, 11) is 0. The minimum absolute atomic E-state index is 0.0627. The van der Waals surface area contributed by atoms with Crippen molar-refractivity contribution in [1.29, 1.82) is 0 Å². The van der Waals surface area contributed by atoms with Crippen LogP contribution in [0.4, 0.5) is 0 Å². The Hall–Kier alpha value is -1.56.